The summed E-state index contributed by atoms with van der Waals surface area (Å²) in [6.07, 6.45) is 8.18. The normalized spacial score (nSPS) is 25.3. The van der Waals surface area contributed by atoms with E-state index in [1.807, 2.05) is 21.9 Å². The highest BCUT2D eigenvalue weighted by Gasteiger charge is 2.45. The van der Waals surface area contributed by atoms with E-state index in [0.717, 1.165) is 31.4 Å². The predicted molar refractivity (Wildman–Crippen MR) is 116 cm³/mol. The lowest BCUT2D eigenvalue weighted by atomic mass is 9.73. The van der Waals surface area contributed by atoms with Crippen LogP contribution >= 0.6 is 0 Å². The molecule has 1 aliphatic carbocycles. The van der Waals surface area contributed by atoms with E-state index in [9.17, 15) is 14.4 Å². The summed E-state index contributed by atoms with van der Waals surface area (Å²) in [4.78, 5) is 53.7. The van der Waals surface area contributed by atoms with Gasteiger partial charge in [-0.05, 0) is 55.2 Å². The Balaban J connectivity index is 0.000000913. The van der Waals surface area contributed by atoms with Crippen molar-refractivity contribution in [2.24, 2.45) is 29.4 Å². The van der Waals surface area contributed by atoms with E-state index in [4.69, 9.17) is 15.6 Å². The van der Waals surface area contributed by atoms with Gasteiger partial charge in [-0.15, -0.1) is 0 Å². The molecule has 3 heterocycles. The molecule has 9 heteroatoms. The number of piperidine rings is 1. The van der Waals surface area contributed by atoms with Crippen molar-refractivity contribution in [3.63, 3.8) is 0 Å². The lowest BCUT2D eigenvalue weighted by molar-refractivity contribution is -0.142. The average molecular weight is 445 g/mol. The zero-order chi connectivity index (χ0) is 23.1. The maximum absolute atomic E-state index is 13.2. The Morgan fingerprint density at radius 3 is 2.34 bits per heavy atom. The van der Waals surface area contributed by atoms with Gasteiger partial charge in [0.15, 0.2) is 0 Å². The Morgan fingerprint density at radius 1 is 1.06 bits per heavy atom. The van der Waals surface area contributed by atoms with E-state index in [-0.39, 0.29) is 41.9 Å². The van der Waals surface area contributed by atoms with Crippen LogP contribution in [-0.2, 0) is 25.6 Å². The first kappa shape index (κ1) is 23.7. The van der Waals surface area contributed by atoms with Gasteiger partial charge in [0.25, 0.3) is 6.47 Å². The Morgan fingerprint density at radius 2 is 1.72 bits per heavy atom. The van der Waals surface area contributed by atoms with Crippen LogP contribution in [0.2, 0.25) is 0 Å². The number of likely N-dealkylation sites (tertiary alicyclic amines) is 2. The lowest BCUT2D eigenvalue weighted by Crippen LogP contribution is -2.47. The van der Waals surface area contributed by atoms with E-state index in [0.29, 0.717) is 44.8 Å². The van der Waals surface area contributed by atoms with Crippen LogP contribution in [-0.4, -0.2) is 70.3 Å². The summed E-state index contributed by atoms with van der Waals surface area (Å²) in [7, 11) is 0. The van der Waals surface area contributed by atoms with Gasteiger partial charge < -0.3 is 20.6 Å². The Bertz CT molecular complexity index is 810. The minimum absolute atomic E-state index is 0.00222. The first-order chi connectivity index (χ1) is 15.4. The van der Waals surface area contributed by atoms with E-state index < -0.39 is 0 Å². The minimum atomic E-state index is -0.256. The van der Waals surface area contributed by atoms with Gasteiger partial charge in [-0.1, -0.05) is 6.42 Å². The number of hydrogen-bond donors (Lipinski definition) is 2. The second-order valence-corrected chi connectivity index (χ2v) is 8.90. The summed E-state index contributed by atoms with van der Waals surface area (Å²) in [5, 5.41) is 6.89. The predicted octanol–water partition coefficient (Wildman–Crippen LogP) is 0.924. The summed E-state index contributed by atoms with van der Waals surface area (Å²) in [6, 6.07) is 3.76. The van der Waals surface area contributed by atoms with Crippen LogP contribution in [0.3, 0.4) is 0 Å². The quantitative estimate of drug-likeness (QED) is 0.664. The minimum Gasteiger partial charge on any atom is -0.483 e. The highest BCUT2D eigenvalue weighted by atomic mass is 16.3. The van der Waals surface area contributed by atoms with Crippen LogP contribution in [0.4, 0.5) is 0 Å². The molecule has 0 unspecified atom stereocenters. The third-order valence-electron chi connectivity index (χ3n) is 7.08. The van der Waals surface area contributed by atoms with Crippen molar-refractivity contribution in [2.75, 3.05) is 26.2 Å². The molecule has 0 radical (unpaired) electrons. The summed E-state index contributed by atoms with van der Waals surface area (Å²) < 4.78 is 0. The summed E-state index contributed by atoms with van der Waals surface area (Å²) in [5.41, 5.74) is 6.39. The molecule has 1 aromatic heterocycles. The van der Waals surface area contributed by atoms with Crippen LogP contribution in [0.1, 0.15) is 37.7 Å². The zero-order valence-electron chi connectivity index (χ0n) is 18.3. The SMILES string of the molecule is NC(=O)C1CCN(C(=O)[C@H]2CCC[C@H]3CN(C(=O)Cc4ccncc4)C[C@@H]32)CC1.O=CO. The van der Waals surface area contributed by atoms with E-state index in [1.54, 1.807) is 12.4 Å². The number of hydrogen-bond acceptors (Lipinski definition) is 5. The van der Waals surface area contributed by atoms with Crippen LogP contribution < -0.4 is 5.73 Å². The van der Waals surface area contributed by atoms with E-state index >= 15 is 0 Å². The van der Waals surface area contributed by atoms with Crippen LogP contribution in [0.15, 0.2) is 24.5 Å². The molecule has 3 amide bonds. The van der Waals surface area contributed by atoms with Gasteiger partial charge in [-0.2, -0.15) is 0 Å². The summed E-state index contributed by atoms with van der Waals surface area (Å²) >= 11 is 0. The van der Waals surface area contributed by atoms with Gasteiger partial charge in [0.1, 0.15) is 0 Å². The van der Waals surface area contributed by atoms with E-state index in [2.05, 4.69) is 4.98 Å². The lowest BCUT2D eigenvalue weighted by Gasteiger charge is -2.38. The van der Waals surface area contributed by atoms with Crippen molar-refractivity contribution >= 4 is 24.2 Å². The third-order valence-corrected chi connectivity index (χ3v) is 7.08. The highest BCUT2D eigenvalue weighted by molar-refractivity contribution is 5.82. The van der Waals surface area contributed by atoms with Gasteiger partial charge in [0.05, 0.1) is 6.42 Å². The van der Waals surface area contributed by atoms with Crippen molar-refractivity contribution in [1.82, 2.24) is 14.8 Å². The molecule has 3 fully saturated rings. The molecule has 3 N–H and O–H groups in total. The smallest absolute Gasteiger partial charge is 0.290 e. The second kappa shape index (κ2) is 11.1. The summed E-state index contributed by atoms with van der Waals surface area (Å²) in [5.74, 6) is 0.663. The number of primary amides is 1. The Labute approximate surface area is 188 Å². The van der Waals surface area contributed by atoms with Gasteiger partial charge >= 0.3 is 0 Å². The van der Waals surface area contributed by atoms with Gasteiger partial charge in [0.2, 0.25) is 17.7 Å². The monoisotopic (exact) mass is 444 g/mol. The number of amides is 3. The topological polar surface area (TPSA) is 134 Å². The number of pyridine rings is 1. The van der Waals surface area contributed by atoms with Gasteiger partial charge in [-0.25, -0.2) is 0 Å². The second-order valence-electron chi connectivity index (χ2n) is 8.90. The number of nitrogens with two attached hydrogens (primary N) is 1. The fourth-order valence-corrected chi connectivity index (χ4v) is 5.39. The number of aromatic nitrogens is 1. The molecule has 32 heavy (non-hydrogen) atoms. The molecule has 1 aromatic rings. The summed E-state index contributed by atoms with van der Waals surface area (Å²) in [6.45, 7) is 2.43. The van der Waals surface area contributed by atoms with Crippen molar-refractivity contribution in [3.05, 3.63) is 30.1 Å². The fourth-order valence-electron chi connectivity index (χ4n) is 5.39. The molecule has 0 bridgehead atoms. The van der Waals surface area contributed by atoms with Gasteiger partial charge in [-0.3, -0.25) is 24.2 Å². The maximum Gasteiger partial charge on any atom is 0.290 e. The molecule has 9 nitrogen and oxygen atoms in total. The third kappa shape index (κ3) is 5.63. The van der Waals surface area contributed by atoms with Crippen LogP contribution in [0.5, 0.6) is 0 Å². The fraction of sp³-hybridized carbons (Fsp3) is 0.609. The molecule has 0 aromatic carbocycles. The molecule has 174 valence electrons. The Hall–Kier alpha value is -2.97. The standard InChI is InChI=1S/C22H30N4O3.CH2O2/c23-21(28)16-6-10-25(11-7-16)22(29)18-3-1-2-17-13-26(14-19(17)18)20(27)12-15-4-8-24-9-5-15;2-1-3/h4-5,8-9,16-19H,1-3,6-7,10-14H2,(H2,23,28);1H,(H,2,3)/t17-,18-,19-;/m0./s1. The molecular formula is C23H32N4O5. The zero-order valence-corrected chi connectivity index (χ0v) is 18.3. The van der Waals surface area contributed by atoms with Crippen molar-refractivity contribution in [2.45, 2.75) is 38.5 Å². The molecule has 3 atom stereocenters. The molecular weight excluding hydrogens is 412 g/mol. The molecule has 0 spiro atoms. The van der Waals surface area contributed by atoms with Crippen LogP contribution in [0.25, 0.3) is 0 Å². The first-order valence-corrected chi connectivity index (χ1v) is 11.3. The number of nitrogens with zero attached hydrogens (tertiary/aromatic N) is 3. The largest absolute Gasteiger partial charge is 0.483 e. The van der Waals surface area contributed by atoms with Crippen molar-refractivity contribution < 1.29 is 24.3 Å². The molecule has 1 saturated carbocycles. The number of rotatable bonds is 4. The average Bonchev–Trinajstić information content (AvgIpc) is 3.25. The number of carbonyl (C=O) groups is 4. The number of carboxylic acid groups (broad SMARTS) is 1. The number of fused-ring (bicyclic) bond motifs is 1. The molecule has 2 saturated heterocycles. The van der Waals surface area contributed by atoms with Crippen molar-refractivity contribution in [3.8, 4) is 0 Å². The van der Waals surface area contributed by atoms with Crippen molar-refractivity contribution in [1.29, 1.82) is 0 Å². The number of carbonyl (C=O) groups excluding carboxylic acids is 3. The molecule has 4 rings (SSSR count). The molecule has 2 aliphatic heterocycles. The Kier molecular flexibility index (Phi) is 8.19. The van der Waals surface area contributed by atoms with Crippen LogP contribution in [0, 0.1) is 23.7 Å². The highest BCUT2D eigenvalue weighted by Crippen LogP contribution is 2.41. The first-order valence-electron chi connectivity index (χ1n) is 11.3. The van der Waals surface area contributed by atoms with E-state index in [1.165, 1.54) is 0 Å². The van der Waals surface area contributed by atoms with Gasteiger partial charge in [0, 0.05) is 50.4 Å². The maximum atomic E-state index is 13.2. The molecule has 3 aliphatic rings.